The average Bonchev–Trinajstić information content (AvgIpc) is 3.27. The summed E-state index contributed by atoms with van der Waals surface area (Å²) in [6.07, 6.45) is 4.84. The zero-order valence-electron chi connectivity index (χ0n) is 15.7. The Labute approximate surface area is 168 Å². The number of carbonyl (C=O) groups excluding carboxylic acids is 1. The average molecular weight is 411 g/mol. The van der Waals surface area contributed by atoms with E-state index in [1.54, 1.807) is 36.5 Å². The van der Waals surface area contributed by atoms with E-state index in [0.717, 1.165) is 17.5 Å². The Bertz CT molecular complexity index is 1210. The molecule has 8 heteroatoms. The predicted octanol–water partition coefficient (Wildman–Crippen LogP) is 2.75. The van der Waals surface area contributed by atoms with Crippen molar-refractivity contribution < 1.29 is 13.2 Å². The van der Waals surface area contributed by atoms with Gasteiger partial charge in [-0.1, -0.05) is 31.0 Å². The van der Waals surface area contributed by atoms with E-state index in [1.165, 1.54) is 12.1 Å². The van der Waals surface area contributed by atoms with Crippen LogP contribution in [0.2, 0.25) is 0 Å². The van der Waals surface area contributed by atoms with Gasteiger partial charge in [-0.3, -0.25) is 9.59 Å². The third kappa shape index (κ3) is 3.93. The lowest BCUT2D eigenvalue weighted by Gasteiger charge is -2.12. The van der Waals surface area contributed by atoms with Gasteiger partial charge < -0.3 is 5.32 Å². The first-order valence-corrected chi connectivity index (χ1v) is 11.1. The Kier molecular flexibility index (Phi) is 5.19. The maximum absolute atomic E-state index is 12.6. The standard InChI is InChI=1S/C21H21N3O4S/c25-20(14-24-21(26)19-8-4-1-5-15(19)13-22-24)23-16-9-11-18(12-10-16)29(27,28)17-6-2-3-7-17/h1,4-5,8-13,17H,2-3,6-7,14H2,(H,23,25). The Morgan fingerprint density at radius 2 is 1.76 bits per heavy atom. The van der Waals surface area contributed by atoms with Crippen molar-refractivity contribution in [2.24, 2.45) is 0 Å². The number of benzene rings is 2. The Morgan fingerprint density at radius 1 is 1.07 bits per heavy atom. The van der Waals surface area contributed by atoms with Crippen molar-refractivity contribution in [1.82, 2.24) is 9.78 Å². The van der Waals surface area contributed by atoms with Crippen molar-refractivity contribution >= 4 is 32.2 Å². The van der Waals surface area contributed by atoms with Gasteiger partial charge in [-0.2, -0.15) is 5.10 Å². The molecule has 0 saturated heterocycles. The lowest BCUT2D eigenvalue weighted by atomic mass is 10.2. The highest BCUT2D eigenvalue weighted by Crippen LogP contribution is 2.30. The van der Waals surface area contributed by atoms with Crippen LogP contribution in [0.1, 0.15) is 25.7 Å². The van der Waals surface area contributed by atoms with Gasteiger partial charge in [0.15, 0.2) is 9.84 Å². The molecular formula is C21H21N3O4S. The normalized spacial score (nSPS) is 14.9. The van der Waals surface area contributed by atoms with Crippen LogP contribution in [0.3, 0.4) is 0 Å². The minimum absolute atomic E-state index is 0.230. The summed E-state index contributed by atoms with van der Waals surface area (Å²) in [6.45, 7) is -0.230. The van der Waals surface area contributed by atoms with Crippen LogP contribution < -0.4 is 10.9 Å². The molecule has 0 unspecified atom stereocenters. The first-order chi connectivity index (χ1) is 13.9. The second kappa shape index (κ2) is 7.79. The molecule has 2 aromatic carbocycles. The highest BCUT2D eigenvalue weighted by atomic mass is 32.2. The van der Waals surface area contributed by atoms with Gasteiger partial charge in [0.05, 0.1) is 21.7 Å². The highest BCUT2D eigenvalue weighted by molar-refractivity contribution is 7.92. The zero-order chi connectivity index (χ0) is 20.4. The predicted molar refractivity (Wildman–Crippen MR) is 111 cm³/mol. The van der Waals surface area contributed by atoms with E-state index in [4.69, 9.17) is 0 Å². The van der Waals surface area contributed by atoms with E-state index in [0.29, 0.717) is 29.3 Å². The van der Waals surface area contributed by atoms with Gasteiger partial charge in [0.2, 0.25) is 5.91 Å². The number of sulfone groups is 1. The zero-order valence-corrected chi connectivity index (χ0v) is 16.6. The number of anilines is 1. The van der Waals surface area contributed by atoms with Gasteiger partial charge in [0.1, 0.15) is 6.54 Å². The summed E-state index contributed by atoms with van der Waals surface area (Å²) in [5.41, 5.74) is 0.130. The first kappa shape index (κ1) is 19.3. The van der Waals surface area contributed by atoms with Crippen LogP contribution in [-0.4, -0.2) is 29.4 Å². The molecule has 7 nitrogen and oxygen atoms in total. The summed E-state index contributed by atoms with van der Waals surface area (Å²) in [5, 5.41) is 7.62. The van der Waals surface area contributed by atoms with Crippen molar-refractivity contribution in [3.8, 4) is 0 Å². The van der Waals surface area contributed by atoms with Gasteiger partial charge in [0, 0.05) is 11.1 Å². The van der Waals surface area contributed by atoms with Crippen molar-refractivity contribution in [2.75, 3.05) is 5.32 Å². The van der Waals surface area contributed by atoms with E-state index >= 15 is 0 Å². The Morgan fingerprint density at radius 3 is 2.48 bits per heavy atom. The molecular weight excluding hydrogens is 390 g/mol. The second-order valence-electron chi connectivity index (χ2n) is 7.22. The molecule has 1 aromatic heterocycles. The molecule has 29 heavy (non-hydrogen) atoms. The molecule has 1 saturated carbocycles. The molecule has 0 spiro atoms. The van der Waals surface area contributed by atoms with Crippen LogP contribution in [0.25, 0.3) is 10.8 Å². The van der Waals surface area contributed by atoms with E-state index in [-0.39, 0.29) is 22.2 Å². The summed E-state index contributed by atoms with van der Waals surface area (Å²) in [6, 6.07) is 13.2. The number of hydrogen-bond donors (Lipinski definition) is 1. The van der Waals surface area contributed by atoms with Crippen molar-refractivity contribution in [3.05, 3.63) is 65.1 Å². The van der Waals surface area contributed by atoms with Crippen LogP contribution in [0.5, 0.6) is 0 Å². The molecule has 4 rings (SSSR count). The fourth-order valence-electron chi connectivity index (χ4n) is 3.70. The van der Waals surface area contributed by atoms with Crippen molar-refractivity contribution in [3.63, 3.8) is 0 Å². The highest BCUT2D eigenvalue weighted by Gasteiger charge is 2.30. The van der Waals surface area contributed by atoms with E-state index in [9.17, 15) is 18.0 Å². The summed E-state index contributed by atoms with van der Waals surface area (Å²) in [4.78, 5) is 25.1. The smallest absolute Gasteiger partial charge is 0.275 e. The molecule has 0 radical (unpaired) electrons. The fraction of sp³-hybridized carbons (Fsp3) is 0.286. The lowest BCUT2D eigenvalue weighted by molar-refractivity contribution is -0.117. The first-order valence-electron chi connectivity index (χ1n) is 9.54. The molecule has 1 aliphatic carbocycles. The van der Waals surface area contributed by atoms with E-state index in [2.05, 4.69) is 10.4 Å². The van der Waals surface area contributed by atoms with Crippen molar-refractivity contribution in [2.45, 2.75) is 42.4 Å². The number of rotatable bonds is 5. The summed E-state index contributed by atoms with van der Waals surface area (Å²) < 4.78 is 26.3. The molecule has 1 N–H and O–H groups in total. The van der Waals surface area contributed by atoms with Crippen LogP contribution in [0.15, 0.2) is 64.4 Å². The molecule has 1 heterocycles. The second-order valence-corrected chi connectivity index (χ2v) is 9.45. The monoisotopic (exact) mass is 411 g/mol. The fourth-order valence-corrected chi connectivity index (χ4v) is 5.55. The lowest BCUT2D eigenvalue weighted by Crippen LogP contribution is -2.29. The summed E-state index contributed by atoms with van der Waals surface area (Å²) in [5.74, 6) is -0.415. The largest absolute Gasteiger partial charge is 0.324 e. The van der Waals surface area contributed by atoms with Gasteiger partial charge in [-0.05, 0) is 43.2 Å². The third-order valence-corrected chi connectivity index (χ3v) is 7.54. The molecule has 0 aliphatic heterocycles. The number of aromatic nitrogens is 2. The summed E-state index contributed by atoms with van der Waals surface area (Å²) >= 11 is 0. The molecule has 0 atom stereocenters. The topological polar surface area (TPSA) is 98.1 Å². The van der Waals surface area contributed by atoms with Crippen LogP contribution in [-0.2, 0) is 21.2 Å². The maximum Gasteiger partial charge on any atom is 0.275 e. The molecule has 1 aliphatic rings. The molecule has 150 valence electrons. The number of carbonyl (C=O) groups is 1. The minimum atomic E-state index is -3.33. The van der Waals surface area contributed by atoms with Crippen molar-refractivity contribution in [1.29, 1.82) is 0 Å². The SMILES string of the molecule is O=C(Cn1ncc2ccccc2c1=O)Nc1ccc(S(=O)(=O)C2CCCC2)cc1. The number of fused-ring (bicyclic) bond motifs is 1. The molecule has 0 bridgehead atoms. The number of nitrogens with zero attached hydrogens (tertiary/aromatic N) is 2. The van der Waals surface area contributed by atoms with Crippen LogP contribution in [0, 0.1) is 0 Å². The Balaban J connectivity index is 1.46. The van der Waals surface area contributed by atoms with Crippen LogP contribution >= 0.6 is 0 Å². The number of nitrogens with one attached hydrogen (secondary N) is 1. The van der Waals surface area contributed by atoms with Gasteiger partial charge in [0.25, 0.3) is 5.56 Å². The van der Waals surface area contributed by atoms with Gasteiger partial charge in [-0.25, -0.2) is 13.1 Å². The third-order valence-electron chi connectivity index (χ3n) is 5.26. The van der Waals surface area contributed by atoms with E-state index in [1.807, 2.05) is 6.07 Å². The quantitative estimate of drug-likeness (QED) is 0.696. The molecule has 1 amide bonds. The molecule has 1 fully saturated rings. The van der Waals surface area contributed by atoms with Gasteiger partial charge >= 0.3 is 0 Å². The minimum Gasteiger partial charge on any atom is -0.324 e. The van der Waals surface area contributed by atoms with Gasteiger partial charge in [-0.15, -0.1) is 0 Å². The summed E-state index contributed by atoms with van der Waals surface area (Å²) in [7, 11) is -3.33. The molecule has 3 aromatic rings. The number of hydrogen-bond acceptors (Lipinski definition) is 5. The Hall–Kier alpha value is -3.00. The maximum atomic E-state index is 12.6. The number of amides is 1. The van der Waals surface area contributed by atoms with E-state index < -0.39 is 15.7 Å². The van der Waals surface area contributed by atoms with Crippen LogP contribution in [0.4, 0.5) is 5.69 Å².